The summed E-state index contributed by atoms with van der Waals surface area (Å²) >= 11 is 7.45. The molecule has 0 fully saturated rings. The normalized spacial score (nSPS) is 11.8. The van der Waals surface area contributed by atoms with Crippen molar-refractivity contribution in [2.45, 2.75) is 26.1 Å². The topological polar surface area (TPSA) is 102 Å². The number of aromatic nitrogens is 4. The number of ether oxygens (including phenoxy) is 1. The Hall–Kier alpha value is -4.28. The summed E-state index contributed by atoms with van der Waals surface area (Å²) in [6.07, 6.45) is 0. The highest BCUT2D eigenvalue weighted by Gasteiger charge is 2.28. The average molecular weight is 561 g/mol. The van der Waals surface area contributed by atoms with E-state index in [1.807, 2.05) is 41.8 Å². The van der Waals surface area contributed by atoms with Gasteiger partial charge in [0.15, 0.2) is 0 Å². The number of benzene rings is 3. The van der Waals surface area contributed by atoms with Crippen molar-refractivity contribution in [2.75, 3.05) is 12.4 Å². The van der Waals surface area contributed by atoms with E-state index in [0.29, 0.717) is 27.0 Å². The first-order chi connectivity index (χ1) is 18.9. The maximum atomic E-state index is 13.7. The number of para-hydroxylation sites is 1. The summed E-state index contributed by atoms with van der Waals surface area (Å²) in [6, 6.07) is 21.0. The fraction of sp³-hybridized carbons (Fsp3) is 0.179. The number of nitrogens with one attached hydrogen (secondary N) is 1. The molecule has 0 aliphatic rings. The highest BCUT2D eigenvalue weighted by molar-refractivity contribution is 7.09. The van der Waals surface area contributed by atoms with Crippen LogP contribution in [0.3, 0.4) is 0 Å². The molecule has 9 nitrogen and oxygen atoms in total. The maximum absolute atomic E-state index is 13.7. The zero-order chi connectivity index (χ0) is 27.4. The first kappa shape index (κ1) is 26.3. The molecule has 1 unspecified atom stereocenters. The molecule has 0 aliphatic heterocycles. The molecular formula is C28H25ClN6O3S. The fourth-order valence-electron chi connectivity index (χ4n) is 4.04. The SMILES string of the molecule is COc1ccc(NC(=O)C(C)N(Cc2nc(-c3ccc(Cl)cc3)cs2)C(=O)Cn2nnc3ccccc32)cc1. The quantitative estimate of drug-likeness (QED) is 0.263. The first-order valence-electron chi connectivity index (χ1n) is 12.1. The number of nitrogens with zero attached hydrogens (tertiary/aromatic N) is 5. The number of carbonyl (C=O) groups excluding carboxylic acids is 2. The standard InChI is InChI=1S/C28H25ClN6O3S/c1-18(28(37)30-21-11-13-22(38-2)14-12-21)34(27(36)16-35-25-6-4-3-5-23(25)32-33-35)15-26-31-24(17-39-26)19-7-9-20(29)10-8-19/h3-14,17-18H,15-16H2,1-2H3,(H,30,37). The van der Waals surface area contributed by atoms with Crippen molar-refractivity contribution in [2.24, 2.45) is 0 Å². The Bertz CT molecular complexity index is 1600. The third-order valence-corrected chi connectivity index (χ3v) is 7.31. The van der Waals surface area contributed by atoms with E-state index in [1.54, 1.807) is 55.1 Å². The molecular weight excluding hydrogens is 536 g/mol. The van der Waals surface area contributed by atoms with Gasteiger partial charge >= 0.3 is 0 Å². The van der Waals surface area contributed by atoms with Gasteiger partial charge in [-0.2, -0.15) is 0 Å². The van der Waals surface area contributed by atoms with E-state index in [4.69, 9.17) is 21.3 Å². The number of amides is 2. The highest BCUT2D eigenvalue weighted by atomic mass is 35.5. The van der Waals surface area contributed by atoms with E-state index in [0.717, 1.165) is 16.8 Å². The van der Waals surface area contributed by atoms with E-state index >= 15 is 0 Å². The molecule has 5 aromatic rings. The molecule has 5 rings (SSSR count). The summed E-state index contributed by atoms with van der Waals surface area (Å²) in [7, 11) is 1.58. The van der Waals surface area contributed by atoms with Gasteiger partial charge in [-0.1, -0.05) is 41.1 Å². The van der Waals surface area contributed by atoms with E-state index in [9.17, 15) is 9.59 Å². The lowest BCUT2D eigenvalue weighted by Crippen LogP contribution is -2.46. The van der Waals surface area contributed by atoms with Crippen molar-refractivity contribution in [3.05, 3.63) is 88.2 Å². The number of thiazole rings is 1. The summed E-state index contributed by atoms with van der Waals surface area (Å²) in [6.45, 7) is 1.78. The van der Waals surface area contributed by atoms with Crippen LogP contribution >= 0.6 is 22.9 Å². The third kappa shape index (κ3) is 6.08. The van der Waals surface area contributed by atoms with Crippen molar-refractivity contribution >= 4 is 51.5 Å². The molecule has 0 saturated carbocycles. The van der Waals surface area contributed by atoms with Gasteiger partial charge in [0.25, 0.3) is 0 Å². The van der Waals surface area contributed by atoms with Crippen LogP contribution in [0.2, 0.25) is 5.02 Å². The van der Waals surface area contributed by atoms with Crippen LogP contribution in [-0.2, 0) is 22.7 Å². The number of halogens is 1. The largest absolute Gasteiger partial charge is 0.497 e. The predicted octanol–water partition coefficient (Wildman–Crippen LogP) is 5.27. The Morgan fingerprint density at radius 2 is 1.82 bits per heavy atom. The molecule has 1 atom stereocenters. The first-order valence-corrected chi connectivity index (χ1v) is 13.4. The van der Waals surface area contributed by atoms with Gasteiger partial charge in [0.1, 0.15) is 28.9 Å². The predicted molar refractivity (Wildman–Crippen MR) is 152 cm³/mol. The number of hydrogen-bond acceptors (Lipinski definition) is 7. The minimum Gasteiger partial charge on any atom is -0.497 e. The van der Waals surface area contributed by atoms with Gasteiger partial charge in [0, 0.05) is 21.7 Å². The van der Waals surface area contributed by atoms with Crippen LogP contribution < -0.4 is 10.1 Å². The summed E-state index contributed by atoms with van der Waals surface area (Å²) in [4.78, 5) is 33.2. The van der Waals surface area contributed by atoms with Crippen molar-refractivity contribution < 1.29 is 14.3 Å². The summed E-state index contributed by atoms with van der Waals surface area (Å²) in [5.74, 6) is 0.0656. The molecule has 1 N–H and O–H groups in total. The molecule has 0 bridgehead atoms. The number of methoxy groups -OCH3 is 1. The number of carbonyl (C=O) groups is 2. The van der Waals surface area contributed by atoms with Crippen LogP contribution in [0, 0.1) is 0 Å². The zero-order valence-electron chi connectivity index (χ0n) is 21.2. The lowest BCUT2D eigenvalue weighted by Gasteiger charge is -2.28. The molecule has 2 aromatic heterocycles. The van der Waals surface area contributed by atoms with Crippen LogP contribution in [0.1, 0.15) is 11.9 Å². The molecule has 0 spiro atoms. The molecule has 0 radical (unpaired) electrons. The molecule has 3 aromatic carbocycles. The minimum atomic E-state index is -0.794. The molecule has 0 saturated heterocycles. The lowest BCUT2D eigenvalue weighted by molar-refractivity contribution is -0.139. The summed E-state index contributed by atoms with van der Waals surface area (Å²) in [5.41, 5.74) is 3.72. The number of anilines is 1. The third-order valence-electron chi connectivity index (χ3n) is 6.23. The van der Waals surface area contributed by atoms with Crippen molar-refractivity contribution in [1.82, 2.24) is 24.9 Å². The van der Waals surface area contributed by atoms with Gasteiger partial charge in [0.05, 0.1) is 24.9 Å². The smallest absolute Gasteiger partial charge is 0.246 e. The Morgan fingerprint density at radius 3 is 2.56 bits per heavy atom. The van der Waals surface area contributed by atoms with Crippen LogP contribution in [0.5, 0.6) is 5.75 Å². The van der Waals surface area contributed by atoms with Crippen LogP contribution in [0.25, 0.3) is 22.3 Å². The number of hydrogen-bond donors (Lipinski definition) is 1. The molecule has 2 heterocycles. The van der Waals surface area contributed by atoms with Gasteiger partial charge in [0.2, 0.25) is 11.8 Å². The second-order valence-corrected chi connectivity index (χ2v) is 10.2. The van der Waals surface area contributed by atoms with Gasteiger partial charge < -0.3 is 15.0 Å². The monoisotopic (exact) mass is 560 g/mol. The summed E-state index contributed by atoms with van der Waals surface area (Å²) in [5, 5.41) is 14.4. The van der Waals surface area contributed by atoms with Crippen molar-refractivity contribution in [3.8, 4) is 17.0 Å². The Labute approximate surface area is 234 Å². The van der Waals surface area contributed by atoms with Crippen LogP contribution in [0.15, 0.2) is 78.2 Å². The molecule has 198 valence electrons. The minimum absolute atomic E-state index is 0.0733. The van der Waals surface area contributed by atoms with Gasteiger partial charge in [-0.15, -0.1) is 16.4 Å². The molecule has 2 amide bonds. The lowest BCUT2D eigenvalue weighted by atomic mass is 10.2. The van der Waals surface area contributed by atoms with E-state index in [-0.39, 0.29) is 24.9 Å². The van der Waals surface area contributed by atoms with E-state index in [2.05, 4.69) is 15.6 Å². The second-order valence-electron chi connectivity index (χ2n) is 8.78. The van der Waals surface area contributed by atoms with Gasteiger partial charge in [-0.3, -0.25) is 9.59 Å². The Balaban J connectivity index is 1.39. The molecule has 11 heteroatoms. The van der Waals surface area contributed by atoms with Gasteiger partial charge in [-0.25, -0.2) is 9.67 Å². The van der Waals surface area contributed by atoms with Crippen molar-refractivity contribution in [1.29, 1.82) is 0 Å². The van der Waals surface area contributed by atoms with Crippen LogP contribution in [0.4, 0.5) is 5.69 Å². The van der Waals surface area contributed by atoms with E-state index in [1.165, 1.54) is 16.2 Å². The van der Waals surface area contributed by atoms with E-state index < -0.39 is 6.04 Å². The highest BCUT2D eigenvalue weighted by Crippen LogP contribution is 2.25. The van der Waals surface area contributed by atoms with Crippen molar-refractivity contribution in [3.63, 3.8) is 0 Å². The number of fused-ring (bicyclic) bond motifs is 1. The Kier molecular flexibility index (Phi) is 7.85. The van der Waals surface area contributed by atoms with Crippen LogP contribution in [-0.4, -0.2) is 49.8 Å². The second kappa shape index (κ2) is 11.6. The maximum Gasteiger partial charge on any atom is 0.246 e. The molecule has 0 aliphatic carbocycles. The Morgan fingerprint density at radius 1 is 1.08 bits per heavy atom. The zero-order valence-corrected chi connectivity index (χ0v) is 22.8. The summed E-state index contributed by atoms with van der Waals surface area (Å²) < 4.78 is 6.73. The molecule has 39 heavy (non-hydrogen) atoms. The average Bonchev–Trinajstić information content (AvgIpc) is 3.59. The fourth-order valence-corrected chi connectivity index (χ4v) is 4.97. The van der Waals surface area contributed by atoms with Gasteiger partial charge in [-0.05, 0) is 55.5 Å². The number of rotatable bonds is 9.